The number of benzene rings is 1. The van der Waals surface area contributed by atoms with Crippen molar-refractivity contribution < 1.29 is 22.4 Å². The van der Waals surface area contributed by atoms with Gasteiger partial charge in [-0.05, 0) is 50.7 Å². The largest absolute Gasteiger partial charge is 0.435 e. The Morgan fingerprint density at radius 2 is 2.08 bits per heavy atom. The number of carbonyl (C=O) groups excluding carboxylic acids is 1. The first kappa shape index (κ1) is 26.6. The van der Waals surface area contributed by atoms with Crippen LogP contribution >= 0.6 is 11.3 Å². The highest BCUT2D eigenvalue weighted by atomic mass is 32.1. The minimum absolute atomic E-state index is 0.161. The molecule has 0 aliphatic carbocycles. The van der Waals surface area contributed by atoms with Gasteiger partial charge < -0.3 is 9.80 Å². The first-order valence-electron chi connectivity index (χ1n) is 11.5. The van der Waals surface area contributed by atoms with E-state index < -0.39 is 23.7 Å². The van der Waals surface area contributed by atoms with Gasteiger partial charge in [-0.25, -0.2) is 4.39 Å². The summed E-state index contributed by atoms with van der Waals surface area (Å²) in [6.07, 6.45) is -0.518. The van der Waals surface area contributed by atoms with Crippen molar-refractivity contribution in [1.29, 1.82) is 5.26 Å². The number of nitrogens with zero attached hydrogens (tertiary/aromatic N) is 5. The van der Waals surface area contributed by atoms with Gasteiger partial charge >= 0.3 is 6.18 Å². The standard InChI is InChI=1S/C26H25F4N5OS/c1-5-34-13-17(25(32-34)26(28,29)30)23-16(8-6-9-18(23)27)24-22-15(2)19(12-31)37-20(22)14-35(24)21(36)10-7-11-33(3)4/h6-10,13,24H,5,11,14H2,1-4H3. The molecule has 1 aliphatic heterocycles. The van der Waals surface area contributed by atoms with Crippen LogP contribution in [0, 0.1) is 24.1 Å². The molecule has 194 valence electrons. The lowest BCUT2D eigenvalue weighted by atomic mass is 9.90. The molecule has 2 aromatic heterocycles. The van der Waals surface area contributed by atoms with Crippen LogP contribution in [0.15, 0.2) is 36.5 Å². The summed E-state index contributed by atoms with van der Waals surface area (Å²) in [4.78, 5) is 17.9. The molecule has 0 saturated heterocycles. The van der Waals surface area contributed by atoms with Gasteiger partial charge in [0, 0.05) is 41.4 Å². The van der Waals surface area contributed by atoms with Crippen molar-refractivity contribution in [2.75, 3.05) is 20.6 Å². The molecule has 1 unspecified atom stereocenters. The van der Waals surface area contributed by atoms with E-state index in [1.807, 2.05) is 19.0 Å². The smallest absolute Gasteiger partial charge is 0.323 e. The van der Waals surface area contributed by atoms with Crippen molar-refractivity contribution in [3.8, 4) is 17.2 Å². The summed E-state index contributed by atoms with van der Waals surface area (Å²) in [7, 11) is 3.71. The van der Waals surface area contributed by atoms with E-state index in [-0.39, 0.29) is 35.7 Å². The van der Waals surface area contributed by atoms with E-state index in [1.165, 1.54) is 40.6 Å². The molecule has 37 heavy (non-hydrogen) atoms. The van der Waals surface area contributed by atoms with Gasteiger partial charge in [0.15, 0.2) is 5.69 Å². The van der Waals surface area contributed by atoms with Crippen LogP contribution in [-0.4, -0.2) is 46.1 Å². The average molecular weight is 532 g/mol. The van der Waals surface area contributed by atoms with E-state index in [2.05, 4.69) is 11.2 Å². The van der Waals surface area contributed by atoms with E-state index in [0.717, 1.165) is 15.6 Å². The predicted octanol–water partition coefficient (Wildman–Crippen LogP) is 5.52. The van der Waals surface area contributed by atoms with Crippen molar-refractivity contribution in [3.05, 3.63) is 74.5 Å². The zero-order chi connectivity index (χ0) is 27.1. The second kappa shape index (κ2) is 10.1. The number of aromatic nitrogens is 2. The fourth-order valence-electron chi connectivity index (χ4n) is 4.59. The Morgan fingerprint density at radius 1 is 1.35 bits per heavy atom. The predicted molar refractivity (Wildman–Crippen MR) is 132 cm³/mol. The highest BCUT2D eigenvalue weighted by molar-refractivity contribution is 7.13. The minimum atomic E-state index is -4.81. The van der Waals surface area contributed by atoms with Crippen LogP contribution < -0.4 is 0 Å². The summed E-state index contributed by atoms with van der Waals surface area (Å²) < 4.78 is 58.5. The summed E-state index contributed by atoms with van der Waals surface area (Å²) in [6, 6.07) is 5.32. The number of rotatable bonds is 6. The second-order valence-electron chi connectivity index (χ2n) is 8.99. The molecule has 4 rings (SSSR count). The van der Waals surface area contributed by atoms with Crippen molar-refractivity contribution in [1.82, 2.24) is 19.6 Å². The van der Waals surface area contributed by atoms with Crippen LogP contribution in [0.3, 0.4) is 0 Å². The third kappa shape index (κ3) is 4.91. The molecule has 0 spiro atoms. The van der Waals surface area contributed by atoms with Crippen molar-refractivity contribution in [3.63, 3.8) is 0 Å². The Balaban J connectivity index is 1.95. The van der Waals surface area contributed by atoms with Crippen LogP contribution in [-0.2, 0) is 24.1 Å². The molecule has 1 amide bonds. The zero-order valence-electron chi connectivity index (χ0n) is 20.7. The molecule has 0 N–H and O–H groups in total. The van der Waals surface area contributed by atoms with Gasteiger partial charge in [-0.2, -0.15) is 23.5 Å². The van der Waals surface area contributed by atoms with Gasteiger partial charge in [0.2, 0.25) is 5.91 Å². The highest BCUT2D eigenvalue weighted by Crippen LogP contribution is 2.49. The Bertz CT molecular complexity index is 1410. The van der Waals surface area contributed by atoms with Crippen LogP contribution in [0.1, 0.15) is 45.1 Å². The Labute approximate surface area is 216 Å². The van der Waals surface area contributed by atoms with Gasteiger partial charge in [-0.15, -0.1) is 11.3 Å². The molecule has 1 aliphatic rings. The fraction of sp³-hybridized carbons (Fsp3) is 0.346. The molecule has 0 radical (unpaired) electrons. The number of hydrogen-bond acceptors (Lipinski definition) is 5. The number of halogens is 4. The van der Waals surface area contributed by atoms with E-state index in [1.54, 1.807) is 19.9 Å². The van der Waals surface area contributed by atoms with Crippen molar-refractivity contribution in [2.24, 2.45) is 0 Å². The third-order valence-corrected chi connectivity index (χ3v) is 7.45. The van der Waals surface area contributed by atoms with Crippen molar-refractivity contribution in [2.45, 2.75) is 39.2 Å². The highest BCUT2D eigenvalue weighted by Gasteiger charge is 2.42. The van der Waals surface area contributed by atoms with Gasteiger partial charge in [0.1, 0.15) is 16.8 Å². The lowest BCUT2D eigenvalue weighted by molar-refractivity contribution is -0.141. The summed E-state index contributed by atoms with van der Waals surface area (Å²) >= 11 is 1.24. The number of fused-ring (bicyclic) bond motifs is 1. The first-order chi connectivity index (χ1) is 17.5. The van der Waals surface area contributed by atoms with Crippen LogP contribution in [0.5, 0.6) is 0 Å². The summed E-state index contributed by atoms with van der Waals surface area (Å²) in [5, 5.41) is 13.2. The number of thiophene rings is 1. The number of aryl methyl sites for hydroxylation is 1. The summed E-state index contributed by atoms with van der Waals surface area (Å²) in [5.41, 5.74) is -0.344. The number of amides is 1. The number of carbonyl (C=O) groups is 1. The normalized spacial score (nSPS) is 15.6. The maximum absolute atomic E-state index is 15.5. The minimum Gasteiger partial charge on any atom is -0.323 e. The Kier molecular flexibility index (Phi) is 7.26. The maximum Gasteiger partial charge on any atom is 0.435 e. The number of alkyl halides is 3. The van der Waals surface area contributed by atoms with E-state index in [0.29, 0.717) is 22.5 Å². The molecular formula is C26H25F4N5OS. The summed E-state index contributed by atoms with van der Waals surface area (Å²) in [6.45, 7) is 4.22. The van der Waals surface area contributed by atoms with Gasteiger partial charge in [-0.1, -0.05) is 18.2 Å². The summed E-state index contributed by atoms with van der Waals surface area (Å²) in [5.74, 6) is -1.21. The molecule has 0 bridgehead atoms. The molecule has 1 aromatic carbocycles. The van der Waals surface area contributed by atoms with E-state index in [9.17, 15) is 23.2 Å². The molecule has 0 fully saturated rings. The molecule has 6 nitrogen and oxygen atoms in total. The van der Waals surface area contributed by atoms with Gasteiger partial charge in [-0.3, -0.25) is 9.48 Å². The van der Waals surface area contributed by atoms with E-state index in [4.69, 9.17) is 0 Å². The topological polar surface area (TPSA) is 65.2 Å². The van der Waals surface area contributed by atoms with Crippen LogP contribution in [0.4, 0.5) is 17.6 Å². The maximum atomic E-state index is 15.5. The Morgan fingerprint density at radius 3 is 2.70 bits per heavy atom. The molecule has 3 heterocycles. The SMILES string of the molecule is CCn1cc(-c2c(F)cccc2C2c3c(sc(C#N)c3C)CN2C(=O)C=CCN(C)C)c(C(F)(F)F)n1. The average Bonchev–Trinajstić information content (AvgIpc) is 3.51. The molecule has 1 atom stereocenters. The second-order valence-corrected chi connectivity index (χ2v) is 10.1. The van der Waals surface area contributed by atoms with Gasteiger partial charge in [0.05, 0.1) is 12.6 Å². The van der Waals surface area contributed by atoms with E-state index >= 15 is 4.39 Å². The Hall–Kier alpha value is -3.49. The molecule has 11 heteroatoms. The number of hydrogen-bond donors (Lipinski definition) is 0. The lowest BCUT2D eigenvalue weighted by Crippen LogP contribution is -2.30. The van der Waals surface area contributed by atoms with Gasteiger partial charge in [0.25, 0.3) is 0 Å². The van der Waals surface area contributed by atoms with Crippen LogP contribution in [0.2, 0.25) is 0 Å². The van der Waals surface area contributed by atoms with Crippen molar-refractivity contribution >= 4 is 17.2 Å². The zero-order valence-corrected chi connectivity index (χ0v) is 21.5. The quantitative estimate of drug-likeness (QED) is 0.311. The number of nitriles is 1. The number of likely N-dealkylation sites (N-methyl/N-ethyl adjacent to an activating group) is 1. The fourth-order valence-corrected chi connectivity index (χ4v) is 5.72. The lowest BCUT2D eigenvalue weighted by Gasteiger charge is -2.27. The monoisotopic (exact) mass is 531 g/mol. The molecule has 0 saturated carbocycles. The molecule has 3 aromatic rings. The van der Waals surface area contributed by atoms with Crippen LogP contribution in [0.25, 0.3) is 11.1 Å². The first-order valence-corrected chi connectivity index (χ1v) is 12.4. The molecular weight excluding hydrogens is 506 g/mol. The third-order valence-electron chi connectivity index (χ3n) is 6.25.